The van der Waals surface area contributed by atoms with Crippen LogP contribution >= 0.6 is 27.3 Å². The van der Waals surface area contributed by atoms with Gasteiger partial charge in [-0.3, -0.25) is 19.5 Å². The normalized spacial score (nSPS) is 17.3. The highest BCUT2D eigenvalue weighted by molar-refractivity contribution is 9.10. The van der Waals surface area contributed by atoms with Gasteiger partial charge in [0.1, 0.15) is 0 Å². The number of carbonyl (C=O) groups is 1. The van der Waals surface area contributed by atoms with Crippen LogP contribution in [0.15, 0.2) is 55.9 Å². The first-order valence-electron chi connectivity index (χ1n) is 13.9. The molecule has 0 bridgehead atoms. The highest BCUT2D eigenvalue weighted by Gasteiger charge is 2.35. The van der Waals surface area contributed by atoms with Gasteiger partial charge in [0.05, 0.1) is 47.6 Å². The molecule has 1 atom stereocenters. The summed E-state index contributed by atoms with van der Waals surface area (Å²) in [5.41, 5.74) is 2.08. The number of aromatic nitrogens is 1. The van der Waals surface area contributed by atoms with Gasteiger partial charge < -0.3 is 24.0 Å². The number of nitro benzene ring substituents is 1. The number of anilines is 1. The van der Waals surface area contributed by atoms with Crippen molar-refractivity contribution in [1.82, 2.24) is 9.47 Å². The van der Waals surface area contributed by atoms with Gasteiger partial charge in [0, 0.05) is 54.0 Å². The summed E-state index contributed by atoms with van der Waals surface area (Å²) >= 11 is 4.76. The molecule has 12 nitrogen and oxygen atoms in total. The fraction of sp³-hybridized carbons (Fsp3) is 0.367. The van der Waals surface area contributed by atoms with Gasteiger partial charge in [0.15, 0.2) is 16.3 Å². The van der Waals surface area contributed by atoms with E-state index in [-0.39, 0.29) is 17.9 Å². The topological polar surface area (TPSA) is 129 Å². The summed E-state index contributed by atoms with van der Waals surface area (Å²) in [6, 6.07) is 7.24. The molecule has 0 aliphatic carbocycles. The van der Waals surface area contributed by atoms with Crippen LogP contribution in [0.5, 0.6) is 11.5 Å². The lowest BCUT2D eigenvalue weighted by molar-refractivity contribution is -0.384. The van der Waals surface area contributed by atoms with E-state index < -0.39 is 22.5 Å². The number of likely N-dealkylation sites (N-methyl/N-ethyl adjacent to an activating group) is 1. The maximum absolute atomic E-state index is 14.3. The molecule has 0 N–H and O–H groups in total. The first kappa shape index (κ1) is 31.4. The van der Waals surface area contributed by atoms with Crippen molar-refractivity contribution < 1.29 is 23.9 Å². The minimum absolute atomic E-state index is 0.0746. The van der Waals surface area contributed by atoms with Crippen LogP contribution < -0.4 is 29.3 Å². The Morgan fingerprint density at radius 3 is 2.48 bits per heavy atom. The van der Waals surface area contributed by atoms with Crippen molar-refractivity contribution in [3.05, 3.63) is 87.0 Å². The summed E-state index contributed by atoms with van der Waals surface area (Å²) in [5, 5.41) is 11.7. The van der Waals surface area contributed by atoms with Crippen LogP contribution in [-0.4, -0.2) is 74.4 Å². The first-order chi connectivity index (χ1) is 21.1. The molecule has 2 aliphatic rings. The van der Waals surface area contributed by atoms with Crippen LogP contribution in [0.1, 0.15) is 31.0 Å². The number of ether oxygens (including phenoxy) is 3. The quantitative estimate of drug-likeness (QED) is 0.199. The van der Waals surface area contributed by atoms with Gasteiger partial charge in [-0.1, -0.05) is 27.3 Å². The lowest BCUT2D eigenvalue weighted by atomic mass is 9.95. The molecule has 0 unspecified atom stereocenters. The molecule has 0 spiro atoms. The zero-order chi connectivity index (χ0) is 31.7. The molecule has 1 aromatic heterocycles. The van der Waals surface area contributed by atoms with E-state index in [1.165, 1.54) is 30.9 Å². The lowest BCUT2D eigenvalue weighted by Gasteiger charge is -2.34. The van der Waals surface area contributed by atoms with Crippen molar-refractivity contribution >= 4 is 50.7 Å². The Morgan fingerprint density at radius 1 is 1.16 bits per heavy atom. The first-order valence-corrected chi connectivity index (χ1v) is 15.5. The lowest BCUT2D eigenvalue weighted by Crippen LogP contribution is -2.44. The molecule has 0 amide bonds. The molecule has 1 fully saturated rings. The van der Waals surface area contributed by atoms with E-state index >= 15 is 0 Å². The van der Waals surface area contributed by atoms with E-state index in [0.717, 1.165) is 43.2 Å². The number of fused-ring (bicyclic) bond motifs is 1. The molecule has 14 heteroatoms. The Kier molecular flexibility index (Phi) is 9.23. The molecule has 0 radical (unpaired) electrons. The van der Waals surface area contributed by atoms with E-state index in [1.807, 2.05) is 0 Å². The number of esters is 1. The number of nitrogens with zero attached hydrogens (tertiary/aromatic N) is 5. The summed E-state index contributed by atoms with van der Waals surface area (Å²) in [4.78, 5) is 48.3. The molecular formula is C30H32BrN5O7S. The van der Waals surface area contributed by atoms with E-state index in [9.17, 15) is 19.7 Å². The molecule has 0 saturated carbocycles. The Balaban J connectivity index is 1.74. The Hall–Kier alpha value is -4.01. The van der Waals surface area contributed by atoms with Crippen LogP contribution in [0.2, 0.25) is 0 Å². The van der Waals surface area contributed by atoms with E-state index in [1.54, 1.807) is 38.1 Å². The number of nitro groups is 1. The third-order valence-corrected chi connectivity index (χ3v) is 9.34. The molecule has 1 saturated heterocycles. The second-order valence-corrected chi connectivity index (χ2v) is 12.2. The van der Waals surface area contributed by atoms with Crippen molar-refractivity contribution in [2.45, 2.75) is 19.9 Å². The summed E-state index contributed by atoms with van der Waals surface area (Å²) in [7, 11) is 5.07. The van der Waals surface area contributed by atoms with E-state index in [0.29, 0.717) is 42.1 Å². The monoisotopic (exact) mass is 685 g/mol. The fourth-order valence-corrected chi connectivity index (χ4v) is 6.99. The standard InChI is InChI=1S/C30H32BrN5O7S/c1-6-43-29(38)26-17(2)32-30-35(27(26)20-15-23(41-4)24(42-5)16-21(20)31)28(37)25(44-30)14-18-13-19(36(39)40)7-8-22(18)34-11-9-33(3)10-12-34/h7-8,13-16,27H,6,9-12H2,1-5H3/t27-/m1/s1. The molecule has 2 aliphatic heterocycles. The number of piperazine rings is 1. The summed E-state index contributed by atoms with van der Waals surface area (Å²) in [6.07, 6.45) is 1.68. The second kappa shape index (κ2) is 12.9. The second-order valence-electron chi connectivity index (χ2n) is 10.3. The number of allylic oxidation sites excluding steroid dienone is 1. The fourth-order valence-electron chi connectivity index (χ4n) is 5.41. The van der Waals surface area contributed by atoms with Gasteiger partial charge in [-0.15, -0.1) is 0 Å². The number of hydrogen-bond acceptors (Lipinski definition) is 11. The average Bonchev–Trinajstić information content (AvgIpc) is 3.30. The van der Waals surface area contributed by atoms with E-state index in [2.05, 4.69) is 37.8 Å². The van der Waals surface area contributed by atoms with E-state index in [4.69, 9.17) is 14.2 Å². The number of benzene rings is 2. The van der Waals surface area contributed by atoms with Crippen LogP contribution in [0.25, 0.3) is 6.08 Å². The van der Waals surface area contributed by atoms with Crippen LogP contribution in [0.3, 0.4) is 0 Å². The number of hydrogen-bond donors (Lipinski definition) is 0. The average molecular weight is 687 g/mol. The third-order valence-electron chi connectivity index (χ3n) is 7.67. The number of thiazole rings is 1. The van der Waals surface area contributed by atoms with Crippen LogP contribution in [-0.2, 0) is 9.53 Å². The summed E-state index contributed by atoms with van der Waals surface area (Å²) < 4.78 is 18.8. The Bertz CT molecular complexity index is 1840. The van der Waals surface area contributed by atoms with Crippen molar-refractivity contribution in [2.75, 3.05) is 59.0 Å². The van der Waals surface area contributed by atoms with Gasteiger partial charge >= 0.3 is 5.97 Å². The van der Waals surface area contributed by atoms with Crippen molar-refractivity contribution in [2.24, 2.45) is 4.99 Å². The predicted octanol–water partition coefficient (Wildman–Crippen LogP) is 3.24. The number of halogens is 1. The van der Waals surface area contributed by atoms with Crippen molar-refractivity contribution in [3.8, 4) is 11.5 Å². The van der Waals surface area contributed by atoms with Gasteiger partial charge in [0.25, 0.3) is 11.2 Å². The third kappa shape index (κ3) is 5.88. The minimum atomic E-state index is -0.899. The zero-order valence-corrected chi connectivity index (χ0v) is 27.4. The van der Waals surface area contributed by atoms with Gasteiger partial charge in [-0.25, -0.2) is 9.79 Å². The molecular weight excluding hydrogens is 654 g/mol. The van der Waals surface area contributed by atoms with Crippen molar-refractivity contribution in [3.63, 3.8) is 0 Å². The number of rotatable bonds is 8. The maximum atomic E-state index is 14.3. The Labute approximate surface area is 265 Å². The minimum Gasteiger partial charge on any atom is -0.493 e. The molecule has 3 aromatic rings. The van der Waals surface area contributed by atoms with Gasteiger partial charge in [0.2, 0.25) is 0 Å². The number of methoxy groups -OCH3 is 2. The SMILES string of the molecule is CCOC(=O)C1=C(C)N=c2sc(=Cc3cc([N+](=O)[O-])ccc3N3CCN(C)CC3)c(=O)n2[C@@H]1c1cc(OC)c(OC)cc1Br. The predicted molar refractivity (Wildman–Crippen MR) is 170 cm³/mol. The van der Waals surface area contributed by atoms with Gasteiger partial charge in [-0.2, -0.15) is 0 Å². The number of non-ortho nitro benzene ring substituents is 1. The summed E-state index contributed by atoms with van der Waals surface area (Å²) in [6.45, 7) is 6.72. The smallest absolute Gasteiger partial charge is 0.338 e. The highest BCUT2D eigenvalue weighted by Crippen LogP contribution is 2.41. The summed E-state index contributed by atoms with van der Waals surface area (Å²) in [5.74, 6) is 0.292. The van der Waals surface area contributed by atoms with Crippen LogP contribution in [0.4, 0.5) is 11.4 Å². The molecule has 232 valence electrons. The molecule has 2 aromatic carbocycles. The molecule has 5 rings (SSSR count). The zero-order valence-electron chi connectivity index (χ0n) is 25.0. The Morgan fingerprint density at radius 2 is 1.84 bits per heavy atom. The largest absolute Gasteiger partial charge is 0.493 e. The highest BCUT2D eigenvalue weighted by atomic mass is 79.9. The number of carbonyl (C=O) groups excluding carboxylic acids is 1. The molecule has 44 heavy (non-hydrogen) atoms. The van der Waals surface area contributed by atoms with Crippen molar-refractivity contribution in [1.29, 1.82) is 0 Å². The van der Waals surface area contributed by atoms with Gasteiger partial charge in [-0.05, 0) is 50.7 Å². The molecule has 3 heterocycles. The van der Waals surface area contributed by atoms with Crippen LogP contribution in [0, 0.1) is 10.1 Å². The maximum Gasteiger partial charge on any atom is 0.338 e.